The first kappa shape index (κ1) is 35.2. The van der Waals surface area contributed by atoms with Crippen LogP contribution in [0.1, 0.15) is 0 Å². The fourth-order valence-corrected chi connectivity index (χ4v) is 8.80. The monoisotopic (exact) mass is 764 g/mol. The van der Waals surface area contributed by atoms with Crippen molar-refractivity contribution in [2.24, 2.45) is 0 Å². The maximum atomic E-state index is 2.42. The van der Waals surface area contributed by atoms with Gasteiger partial charge in [0, 0.05) is 33.5 Å². The van der Waals surface area contributed by atoms with Crippen molar-refractivity contribution in [3.63, 3.8) is 0 Å². The molecule has 0 bridgehead atoms. The Bertz CT molecular complexity index is 3250. The summed E-state index contributed by atoms with van der Waals surface area (Å²) in [6.45, 7) is 0. The molecule has 0 aliphatic heterocycles. The fourth-order valence-electron chi connectivity index (χ4n) is 8.80. The molecule has 1 heterocycles. The van der Waals surface area contributed by atoms with Crippen molar-refractivity contribution in [3.8, 4) is 50.2 Å². The van der Waals surface area contributed by atoms with Crippen molar-refractivity contribution in [1.82, 2.24) is 4.57 Å². The predicted molar refractivity (Wildman–Crippen MR) is 255 cm³/mol. The van der Waals surface area contributed by atoms with Gasteiger partial charge in [-0.25, -0.2) is 0 Å². The summed E-state index contributed by atoms with van der Waals surface area (Å²) >= 11 is 0. The quantitative estimate of drug-likeness (QED) is 0.150. The van der Waals surface area contributed by atoms with E-state index in [2.05, 4.69) is 252 Å². The van der Waals surface area contributed by atoms with E-state index in [4.69, 9.17) is 0 Å². The number of anilines is 3. The number of para-hydroxylation sites is 2. The van der Waals surface area contributed by atoms with Gasteiger partial charge in [0.25, 0.3) is 0 Å². The zero-order valence-corrected chi connectivity index (χ0v) is 33.0. The summed E-state index contributed by atoms with van der Waals surface area (Å²) in [6, 6.07) is 88.0. The third-order valence-corrected chi connectivity index (χ3v) is 11.7. The molecule has 0 saturated heterocycles. The van der Waals surface area contributed by atoms with Crippen molar-refractivity contribution in [2.45, 2.75) is 0 Å². The second-order valence-corrected chi connectivity index (χ2v) is 15.4. The molecule has 60 heavy (non-hydrogen) atoms. The van der Waals surface area contributed by atoms with Crippen molar-refractivity contribution in [2.75, 3.05) is 4.90 Å². The number of nitrogens with zero attached hydrogens (tertiary/aromatic N) is 2. The van der Waals surface area contributed by atoms with Crippen LogP contribution >= 0.6 is 0 Å². The van der Waals surface area contributed by atoms with Gasteiger partial charge in [0.15, 0.2) is 0 Å². The average Bonchev–Trinajstić information content (AvgIpc) is 3.67. The number of rotatable bonds is 8. The Hall–Kier alpha value is -7.94. The zero-order valence-electron chi connectivity index (χ0n) is 33.0. The highest BCUT2D eigenvalue weighted by molar-refractivity contribution is 6.09. The van der Waals surface area contributed by atoms with Gasteiger partial charge in [-0.15, -0.1) is 0 Å². The third kappa shape index (κ3) is 6.51. The van der Waals surface area contributed by atoms with Gasteiger partial charge in [-0.05, 0) is 128 Å². The molecule has 0 atom stereocenters. The van der Waals surface area contributed by atoms with E-state index in [-0.39, 0.29) is 0 Å². The van der Waals surface area contributed by atoms with E-state index in [9.17, 15) is 0 Å². The number of fused-ring (bicyclic) bond motifs is 4. The first-order valence-electron chi connectivity index (χ1n) is 20.6. The molecule has 0 fully saturated rings. The summed E-state index contributed by atoms with van der Waals surface area (Å²) < 4.78 is 2.42. The lowest BCUT2D eigenvalue weighted by Gasteiger charge is -2.27. The molecule has 0 spiro atoms. The van der Waals surface area contributed by atoms with E-state index in [0.29, 0.717) is 0 Å². The van der Waals surface area contributed by atoms with Crippen molar-refractivity contribution >= 4 is 49.6 Å². The average molecular weight is 765 g/mol. The van der Waals surface area contributed by atoms with Gasteiger partial charge < -0.3 is 9.47 Å². The first-order valence-corrected chi connectivity index (χ1v) is 20.6. The van der Waals surface area contributed by atoms with Gasteiger partial charge in [-0.2, -0.15) is 0 Å². The molecule has 0 amide bonds. The lowest BCUT2D eigenvalue weighted by molar-refractivity contribution is 1.18. The largest absolute Gasteiger partial charge is 0.310 e. The topological polar surface area (TPSA) is 8.17 Å². The molecule has 1 aromatic heterocycles. The van der Waals surface area contributed by atoms with Crippen LogP contribution in [0, 0.1) is 0 Å². The lowest BCUT2D eigenvalue weighted by Crippen LogP contribution is -2.10. The van der Waals surface area contributed by atoms with Crippen LogP contribution in [-0.4, -0.2) is 4.57 Å². The lowest BCUT2D eigenvalue weighted by atomic mass is 9.97. The molecule has 2 nitrogen and oxygen atoms in total. The van der Waals surface area contributed by atoms with Crippen LogP contribution in [0.2, 0.25) is 0 Å². The summed E-state index contributed by atoms with van der Waals surface area (Å²) in [5, 5.41) is 5.00. The molecule has 11 aromatic rings. The fraction of sp³-hybridized carbons (Fsp3) is 0. The molecule has 0 N–H and O–H groups in total. The highest BCUT2D eigenvalue weighted by atomic mass is 15.1. The van der Waals surface area contributed by atoms with Crippen LogP contribution in [0.3, 0.4) is 0 Å². The third-order valence-electron chi connectivity index (χ3n) is 11.7. The van der Waals surface area contributed by atoms with Gasteiger partial charge in [-0.1, -0.05) is 170 Å². The van der Waals surface area contributed by atoms with Crippen molar-refractivity contribution < 1.29 is 0 Å². The molecule has 10 aromatic carbocycles. The summed E-state index contributed by atoms with van der Waals surface area (Å²) in [6.07, 6.45) is 0. The highest BCUT2D eigenvalue weighted by Crippen LogP contribution is 2.41. The summed E-state index contributed by atoms with van der Waals surface area (Å²) in [7, 11) is 0. The molecule has 282 valence electrons. The van der Waals surface area contributed by atoms with E-state index < -0.39 is 0 Å². The van der Waals surface area contributed by atoms with E-state index in [1.165, 1.54) is 66.0 Å². The zero-order chi connectivity index (χ0) is 39.8. The Labute approximate surface area is 350 Å². The summed E-state index contributed by atoms with van der Waals surface area (Å²) in [4.78, 5) is 2.38. The van der Waals surface area contributed by atoms with Crippen LogP contribution in [0.25, 0.3) is 82.8 Å². The number of hydrogen-bond acceptors (Lipinski definition) is 1. The van der Waals surface area contributed by atoms with E-state index in [1.807, 2.05) is 0 Å². The standard InChI is InChI=1S/C58H40N2/c1-3-15-41(16-4-1)46-21-13-23-52(37-46)59(51-33-31-44(32-34-51)48-30-29-43-19-7-8-20-45(43)35-48)53-24-14-22-47(38-53)50-36-49(42-17-5-2-6-18-42)39-54(40-50)60-57-27-11-9-25-55(57)56-26-10-12-28-58(56)60/h1-40H. The Morgan fingerprint density at radius 3 is 1.33 bits per heavy atom. The van der Waals surface area contributed by atoms with Crippen molar-refractivity contribution in [3.05, 3.63) is 243 Å². The predicted octanol–water partition coefficient (Wildman–Crippen LogP) is 16.1. The van der Waals surface area contributed by atoms with Crippen LogP contribution < -0.4 is 4.90 Å². The molecule has 11 rings (SSSR count). The Morgan fingerprint density at radius 1 is 0.250 bits per heavy atom. The molecule has 0 saturated carbocycles. The Kier molecular flexibility index (Phi) is 8.87. The van der Waals surface area contributed by atoms with E-state index in [1.54, 1.807) is 0 Å². The van der Waals surface area contributed by atoms with Gasteiger partial charge in [0.05, 0.1) is 11.0 Å². The van der Waals surface area contributed by atoms with Crippen LogP contribution in [0.4, 0.5) is 17.1 Å². The van der Waals surface area contributed by atoms with Gasteiger partial charge in [-0.3, -0.25) is 0 Å². The summed E-state index contributed by atoms with van der Waals surface area (Å²) in [5.41, 5.74) is 16.2. The maximum absolute atomic E-state index is 2.42. The minimum Gasteiger partial charge on any atom is -0.310 e. The van der Waals surface area contributed by atoms with Gasteiger partial charge in [0.1, 0.15) is 0 Å². The van der Waals surface area contributed by atoms with E-state index in [0.717, 1.165) is 33.9 Å². The smallest absolute Gasteiger partial charge is 0.0541 e. The Balaban J connectivity index is 1.07. The molecule has 0 unspecified atom stereocenters. The van der Waals surface area contributed by atoms with Gasteiger partial charge in [0.2, 0.25) is 0 Å². The molecule has 0 radical (unpaired) electrons. The number of aromatic nitrogens is 1. The summed E-state index contributed by atoms with van der Waals surface area (Å²) in [5.74, 6) is 0. The molecular formula is C58H40N2. The number of hydrogen-bond donors (Lipinski definition) is 0. The van der Waals surface area contributed by atoms with Crippen LogP contribution in [-0.2, 0) is 0 Å². The van der Waals surface area contributed by atoms with Crippen molar-refractivity contribution in [1.29, 1.82) is 0 Å². The molecule has 0 aliphatic rings. The second-order valence-electron chi connectivity index (χ2n) is 15.4. The number of benzene rings is 10. The maximum Gasteiger partial charge on any atom is 0.0541 e. The van der Waals surface area contributed by atoms with Gasteiger partial charge >= 0.3 is 0 Å². The highest BCUT2D eigenvalue weighted by Gasteiger charge is 2.18. The first-order chi connectivity index (χ1) is 29.7. The molecule has 2 heteroatoms. The Morgan fingerprint density at radius 2 is 0.700 bits per heavy atom. The van der Waals surface area contributed by atoms with Crippen LogP contribution in [0.5, 0.6) is 0 Å². The minimum atomic E-state index is 1.08. The minimum absolute atomic E-state index is 1.08. The van der Waals surface area contributed by atoms with E-state index >= 15 is 0 Å². The SMILES string of the molecule is c1ccc(-c2cccc(N(c3ccc(-c4ccc5ccccc5c4)cc3)c3cccc(-c4cc(-c5ccccc5)cc(-n5c6ccccc6c6ccccc65)c4)c3)c2)cc1. The van der Waals surface area contributed by atoms with Crippen LogP contribution in [0.15, 0.2) is 243 Å². The normalized spacial score (nSPS) is 11.3. The second kappa shape index (κ2) is 15.1. The molecule has 0 aliphatic carbocycles. The molecular weight excluding hydrogens is 725 g/mol.